The van der Waals surface area contributed by atoms with Crippen molar-refractivity contribution in [2.75, 3.05) is 7.11 Å². The van der Waals surface area contributed by atoms with Gasteiger partial charge in [-0.3, -0.25) is 0 Å². The predicted molar refractivity (Wildman–Crippen MR) is 63.9 cm³/mol. The number of carbonyl (C=O) groups is 1. The van der Waals surface area contributed by atoms with Crippen molar-refractivity contribution < 1.29 is 14.3 Å². The molecule has 1 saturated heterocycles. The van der Waals surface area contributed by atoms with Crippen molar-refractivity contribution in [3.8, 4) is 0 Å². The van der Waals surface area contributed by atoms with Gasteiger partial charge in [-0.1, -0.05) is 20.8 Å². The van der Waals surface area contributed by atoms with E-state index in [1.807, 2.05) is 0 Å². The predicted octanol–water partition coefficient (Wildman–Crippen LogP) is 1.64. The van der Waals surface area contributed by atoms with Crippen molar-refractivity contribution in [3.63, 3.8) is 0 Å². The monoisotopic (exact) mass is 253 g/mol. The Labute approximate surface area is 106 Å². The Kier molecular flexibility index (Phi) is 3.65. The summed E-state index contributed by atoms with van der Waals surface area (Å²) >= 11 is 0. The van der Waals surface area contributed by atoms with Crippen LogP contribution < -0.4 is 0 Å². The Morgan fingerprint density at radius 3 is 2.78 bits per heavy atom. The SMILES string of the molecule is CCC1OC(n2cnc(C(=O)OC)n2)C(C)C1C. The molecule has 1 aromatic heterocycles. The fourth-order valence-corrected chi connectivity index (χ4v) is 2.38. The van der Waals surface area contributed by atoms with Crippen molar-refractivity contribution >= 4 is 5.97 Å². The van der Waals surface area contributed by atoms with E-state index < -0.39 is 5.97 Å². The molecule has 1 aliphatic heterocycles. The Morgan fingerprint density at radius 1 is 1.50 bits per heavy atom. The zero-order chi connectivity index (χ0) is 13.3. The number of carbonyl (C=O) groups excluding carboxylic acids is 1. The van der Waals surface area contributed by atoms with E-state index in [2.05, 4.69) is 35.6 Å². The summed E-state index contributed by atoms with van der Waals surface area (Å²) in [6, 6.07) is 0. The first-order chi connectivity index (χ1) is 8.58. The first-order valence-corrected chi connectivity index (χ1v) is 6.23. The molecule has 1 aliphatic rings. The number of ether oxygens (including phenoxy) is 2. The number of nitrogens with zero attached hydrogens (tertiary/aromatic N) is 3. The standard InChI is InChI=1S/C12H19N3O3/c1-5-9-7(2)8(3)11(18-9)15-6-13-10(14-15)12(16)17-4/h6-9,11H,5H2,1-4H3. The molecule has 6 heteroatoms. The molecule has 100 valence electrons. The number of hydrogen-bond acceptors (Lipinski definition) is 5. The lowest BCUT2D eigenvalue weighted by Crippen LogP contribution is -2.17. The topological polar surface area (TPSA) is 66.2 Å². The molecular weight excluding hydrogens is 234 g/mol. The number of aromatic nitrogens is 3. The first-order valence-electron chi connectivity index (χ1n) is 6.23. The average Bonchev–Trinajstić information content (AvgIpc) is 2.96. The fourth-order valence-electron chi connectivity index (χ4n) is 2.38. The fraction of sp³-hybridized carbons (Fsp3) is 0.750. The van der Waals surface area contributed by atoms with Crippen LogP contribution in [-0.4, -0.2) is 33.9 Å². The number of methoxy groups -OCH3 is 1. The molecule has 4 atom stereocenters. The van der Waals surface area contributed by atoms with Crippen molar-refractivity contribution in [1.82, 2.24) is 14.8 Å². The highest BCUT2D eigenvalue weighted by atomic mass is 16.5. The maximum absolute atomic E-state index is 11.3. The minimum atomic E-state index is -0.528. The largest absolute Gasteiger partial charge is 0.463 e. The van der Waals surface area contributed by atoms with Crippen molar-refractivity contribution in [2.24, 2.45) is 11.8 Å². The molecule has 18 heavy (non-hydrogen) atoms. The summed E-state index contributed by atoms with van der Waals surface area (Å²) in [4.78, 5) is 15.2. The molecule has 0 amide bonds. The second-order valence-electron chi connectivity index (χ2n) is 4.73. The summed E-state index contributed by atoms with van der Waals surface area (Å²) in [7, 11) is 1.31. The van der Waals surface area contributed by atoms with Crippen LogP contribution in [0.4, 0.5) is 0 Å². The second-order valence-corrected chi connectivity index (χ2v) is 4.73. The van der Waals surface area contributed by atoms with Crippen LogP contribution >= 0.6 is 0 Å². The van der Waals surface area contributed by atoms with Crippen molar-refractivity contribution in [3.05, 3.63) is 12.2 Å². The van der Waals surface area contributed by atoms with E-state index in [1.165, 1.54) is 13.4 Å². The van der Waals surface area contributed by atoms with E-state index >= 15 is 0 Å². The summed E-state index contributed by atoms with van der Waals surface area (Å²) in [5, 5.41) is 4.12. The molecular formula is C12H19N3O3. The Bertz CT molecular complexity index is 432. The van der Waals surface area contributed by atoms with E-state index in [-0.39, 0.29) is 18.2 Å². The van der Waals surface area contributed by atoms with E-state index in [4.69, 9.17) is 4.74 Å². The van der Waals surface area contributed by atoms with Crippen LogP contribution in [0.2, 0.25) is 0 Å². The molecule has 2 rings (SSSR count). The summed E-state index contributed by atoms with van der Waals surface area (Å²) in [6.45, 7) is 6.42. The molecule has 1 fully saturated rings. The average molecular weight is 253 g/mol. The minimum Gasteiger partial charge on any atom is -0.463 e. The highest BCUT2D eigenvalue weighted by molar-refractivity contribution is 5.84. The van der Waals surface area contributed by atoms with Gasteiger partial charge in [-0.25, -0.2) is 14.5 Å². The van der Waals surface area contributed by atoms with Crippen LogP contribution in [0.1, 0.15) is 44.0 Å². The summed E-state index contributed by atoms with van der Waals surface area (Å²) in [6.07, 6.45) is 2.57. The Balaban J connectivity index is 2.17. The quantitative estimate of drug-likeness (QED) is 0.766. The van der Waals surface area contributed by atoms with E-state index in [0.29, 0.717) is 11.8 Å². The van der Waals surface area contributed by atoms with Crippen molar-refractivity contribution in [2.45, 2.75) is 39.5 Å². The molecule has 2 heterocycles. The van der Waals surface area contributed by atoms with Crippen LogP contribution in [0, 0.1) is 11.8 Å². The highest BCUT2D eigenvalue weighted by Crippen LogP contribution is 2.39. The van der Waals surface area contributed by atoms with Gasteiger partial charge in [-0.15, -0.1) is 5.10 Å². The normalized spacial score (nSPS) is 31.6. The summed E-state index contributed by atoms with van der Waals surface area (Å²) in [5.41, 5.74) is 0. The van der Waals surface area contributed by atoms with Gasteiger partial charge in [0.25, 0.3) is 5.82 Å². The van der Waals surface area contributed by atoms with E-state index in [1.54, 1.807) is 4.68 Å². The van der Waals surface area contributed by atoms with Gasteiger partial charge in [0.2, 0.25) is 0 Å². The van der Waals surface area contributed by atoms with Crippen molar-refractivity contribution in [1.29, 1.82) is 0 Å². The molecule has 0 saturated carbocycles. The maximum Gasteiger partial charge on any atom is 0.377 e. The third kappa shape index (κ3) is 2.12. The van der Waals surface area contributed by atoms with Crippen LogP contribution in [0.15, 0.2) is 6.33 Å². The molecule has 0 aromatic carbocycles. The molecule has 0 spiro atoms. The van der Waals surface area contributed by atoms with Gasteiger partial charge in [0.1, 0.15) is 6.33 Å². The number of hydrogen-bond donors (Lipinski definition) is 0. The van der Waals surface area contributed by atoms with E-state index in [9.17, 15) is 4.79 Å². The molecule has 0 radical (unpaired) electrons. The summed E-state index contributed by atoms with van der Waals surface area (Å²) < 4.78 is 12.2. The smallest absolute Gasteiger partial charge is 0.377 e. The Morgan fingerprint density at radius 2 is 2.22 bits per heavy atom. The second kappa shape index (κ2) is 5.06. The number of esters is 1. The molecule has 1 aromatic rings. The van der Waals surface area contributed by atoms with Gasteiger partial charge >= 0.3 is 5.97 Å². The molecule has 6 nitrogen and oxygen atoms in total. The van der Waals surface area contributed by atoms with Gasteiger partial charge in [-0.05, 0) is 12.3 Å². The third-order valence-electron chi connectivity index (χ3n) is 3.72. The van der Waals surface area contributed by atoms with Gasteiger partial charge in [0.05, 0.1) is 13.2 Å². The Hall–Kier alpha value is -1.43. The molecule has 4 unspecified atom stereocenters. The molecule has 0 bridgehead atoms. The molecule has 0 aliphatic carbocycles. The molecule has 0 N–H and O–H groups in total. The first kappa shape index (κ1) is 13.0. The number of rotatable bonds is 3. The lowest BCUT2D eigenvalue weighted by atomic mass is 9.92. The minimum absolute atomic E-state index is 0.0703. The zero-order valence-corrected chi connectivity index (χ0v) is 11.2. The van der Waals surface area contributed by atoms with Gasteiger partial charge in [0, 0.05) is 5.92 Å². The van der Waals surface area contributed by atoms with E-state index in [0.717, 1.165) is 6.42 Å². The zero-order valence-electron chi connectivity index (χ0n) is 11.2. The van der Waals surface area contributed by atoms with Gasteiger partial charge in [0.15, 0.2) is 6.23 Å². The maximum atomic E-state index is 11.3. The third-order valence-corrected chi connectivity index (χ3v) is 3.72. The lowest BCUT2D eigenvalue weighted by Gasteiger charge is -2.15. The van der Waals surface area contributed by atoms with Crippen LogP contribution in [-0.2, 0) is 9.47 Å². The lowest BCUT2D eigenvalue weighted by molar-refractivity contribution is -0.0217. The highest BCUT2D eigenvalue weighted by Gasteiger charge is 2.39. The van der Waals surface area contributed by atoms with Crippen LogP contribution in [0.3, 0.4) is 0 Å². The van der Waals surface area contributed by atoms with Gasteiger partial charge in [-0.2, -0.15) is 0 Å². The summed E-state index contributed by atoms with van der Waals surface area (Å²) in [5.74, 6) is 0.341. The van der Waals surface area contributed by atoms with Crippen LogP contribution in [0.5, 0.6) is 0 Å². The van der Waals surface area contributed by atoms with Crippen LogP contribution in [0.25, 0.3) is 0 Å². The van der Waals surface area contributed by atoms with Gasteiger partial charge < -0.3 is 9.47 Å².